The molecule has 0 radical (unpaired) electrons. The highest BCUT2D eigenvalue weighted by molar-refractivity contribution is 8.02. The predicted octanol–water partition coefficient (Wildman–Crippen LogP) is 1.04. The number of hydrogen-bond acceptors (Lipinski definition) is 4. The van der Waals surface area contributed by atoms with Gasteiger partial charge in [-0.15, -0.1) is 18.2 Å². The third kappa shape index (κ3) is 4.63. The highest BCUT2D eigenvalue weighted by Crippen LogP contribution is 2.07. The molecule has 0 aromatic rings. The third-order valence-corrected chi connectivity index (χ3v) is 1.71. The van der Waals surface area contributed by atoms with E-state index in [-0.39, 0.29) is 6.04 Å². The van der Waals surface area contributed by atoms with Gasteiger partial charge >= 0.3 is 0 Å². The summed E-state index contributed by atoms with van der Waals surface area (Å²) in [5.74, 6) is 2.42. The summed E-state index contributed by atoms with van der Waals surface area (Å²) in [4.78, 5) is 9.55. The zero-order chi connectivity index (χ0) is 9.56. The van der Waals surface area contributed by atoms with E-state index in [0.29, 0.717) is 5.03 Å². The quantitative estimate of drug-likeness (QED) is 0.405. The summed E-state index contributed by atoms with van der Waals surface area (Å²) in [5, 5.41) is 13.3. The molecule has 0 spiro atoms. The van der Waals surface area contributed by atoms with Gasteiger partial charge in [-0.1, -0.05) is 5.92 Å². The SMILES string of the molecule is C#CC(C)NC(=C[N+](=O)[O-])SC. The molecule has 0 aliphatic carbocycles. The maximum atomic E-state index is 10.1. The van der Waals surface area contributed by atoms with Gasteiger partial charge in [-0.05, 0) is 13.2 Å². The highest BCUT2D eigenvalue weighted by atomic mass is 32.2. The molecule has 1 N–H and O–H groups in total. The van der Waals surface area contributed by atoms with Crippen LogP contribution in [0.3, 0.4) is 0 Å². The fourth-order valence-electron chi connectivity index (χ4n) is 0.500. The van der Waals surface area contributed by atoms with Gasteiger partial charge < -0.3 is 5.32 Å². The first-order valence-corrected chi connectivity index (χ1v) is 4.44. The van der Waals surface area contributed by atoms with Gasteiger partial charge in [0, 0.05) is 0 Å². The predicted molar refractivity (Wildman–Crippen MR) is 50.0 cm³/mol. The first kappa shape index (κ1) is 10.8. The second-order valence-corrected chi connectivity index (χ2v) is 2.86. The van der Waals surface area contributed by atoms with Gasteiger partial charge in [0.25, 0.3) is 6.20 Å². The molecule has 0 heterocycles. The molecule has 1 atom stereocenters. The van der Waals surface area contributed by atoms with Crippen LogP contribution in [-0.2, 0) is 0 Å². The molecule has 4 nitrogen and oxygen atoms in total. The van der Waals surface area contributed by atoms with Crippen LogP contribution in [-0.4, -0.2) is 17.2 Å². The van der Waals surface area contributed by atoms with Gasteiger partial charge in [0.2, 0.25) is 0 Å². The maximum Gasteiger partial charge on any atom is 0.263 e. The van der Waals surface area contributed by atoms with Crippen molar-refractivity contribution in [3.63, 3.8) is 0 Å². The van der Waals surface area contributed by atoms with Crippen LogP contribution < -0.4 is 5.32 Å². The molecule has 12 heavy (non-hydrogen) atoms. The Balaban J connectivity index is 4.20. The van der Waals surface area contributed by atoms with E-state index in [1.807, 2.05) is 0 Å². The minimum atomic E-state index is -0.512. The topological polar surface area (TPSA) is 55.2 Å². The third-order valence-electron chi connectivity index (χ3n) is 1.05. The molecule has 0 rings (SSSR count). The number of nitrogens with zero attached hydrogens (tertiary/aromatic N) is 1. The van der Waals surface area contributed by atoms with Crippen molar-refractivity contribution in [2.45, 2.75) is 13.0 Å². The van der Waals surface area contributed by atoms with Crippen molar-refractivity contribution in [2.24, 2.45) is 0 Å². The molecule has 0 fully saturated rings. The summed E-state index contributed by atoms with van der Waals surface area (Å²) in [6.45, 7) is 1.75. The van der Waals surface area contributed by atoms with Crippen molar-refractivity contribution in [1.29, 1.82) is 0 Å². The number of nitro groups is 1. The zero-order valence-electron chi connectivity index (χ0n) is 6.90. The van der Waals surface area contributed by atoms with Crippen LogP contribution in [0.15, 0.2) is 11.2 Å². The minimum absolute atomic E-state index is 0.191. The normalized spacial score (nSPS) is 13.2. The fourth-order valence-corrected chi connectivity index (χ4v) is 0.986. The second kappa shape index (κ2) is 5.49. The van der Waals surface area contributed by atoms with Crippen LogP contribution >= 0.6 is 11.8 Å². The van der Waals surface area contributed by atoms with E-state index in [2.05, 4.69) is 11.2 Å². The molecule has 66 valence electrons. The Hall–Kier alpha value is -1.15. The Bertz CT molecular complexity index is 232. The molecule has 0 bridgehead atoms. The van der Waals surface area contributed by atoms with Crippen LogP contribution in [0.5, 0.6) is 0 Å². The number of terminal acetylenes is 1. The Labute approximate surface area is 75.6 Å². The summed E-state index contributed by atoms with van der Waals surface area (Å²) in [7, 11) is 0. The number of nitrogens with one attached hydrogen (secondary N) is 1. The monoisotopic (exact) mass is 186 g/mol. The molecule has 0 saturated carbocycles. The van der Waals surface area contributed by atoms with Gasteiger partial charge in [0.15, 0.2) is 0 Å². The van der Waals surface area contributed by atoms with Crippen LogP contribution in [0.1, 0.15) is 6.92 Å². The van der Waals surface area contributed by atoms with Crippen molar-refractivity contribution >= 4 is 11.8 Å². The molecule has 1 unspecified atom stereocenters. The summed E-state index contributed by atoms with van der Waals surface area (Å²) in [6, 6.07) is -0.191. The average molecular weight is 186 g/mol. The lowest BCUT2D eigenvalue weighted by Gasteiger charge is -2.07. The van der Waals surface area contributed by atoms with Crippen molar-refractivity contribution in [3.05, 3.63) is 21.3 Å². The molecular weight excluding hydrogens is 176 g/mol. The zero-order valence-corrected chi connectivity index (χ0v) is 7.72. The first-order chi connectivity index (χ1) is 5.60. The number of thioether (sulfide) groups is 1. The molecule has 0 aliphatic rings. The number of rotatable bonds is 4. The Kier molecular flexibility index (Phi) is 4.97. The smallest absolute Gasteiger partial charge is 0.263 e. The fraction of sp³-hybridized carbons (Fsp3) is 0.429. The largest absolute Gasteiger partial charge is 0.362 e. The second-order valence-electron chi connectivity index (χ2n) is 2.02. The molecule has 0 amide bonds. The van der Waals surface area contributed by atoms with Crippen molar-refractivity contribution < 1.29 is 4.92 Å². The molecule has 0 aliphatic heterocycles. The van der Waals surface area contributed by atoms with E-state index in [0.717, 1.165) is 6.20 Å². The maximum absolute atomic E-state index is 10.1. The van der Waals surface area contributed by atoms with Crippen molar-refractivity contribution in [2.75, 3.05) is 6.26 Å². The van der Waals surface area contributed by atoms with Crippen molar-refractivity contribution in [1.82, 2.24) is 5.32 Å². The van der Waals surface area contributed by atoms with Gasteiger partial charge in [-0.25, -0.2) is 0 Å². The van der Waals surface area contributed by atoms with E-state index >= 15 is 0 Å². The van der Waals surface area contributed by atoms with E-state index in [1.54, 1.807) is 13.2 Å². The van der Waals surface area contributed by atoms with E-state index in [9.17, 15) is 10.1 Å². The van der Waals surface area contributed by atoms with Crippen LogP contribution in [0.4, 0.5) is 0 Å². The average Bonchev–Trinajstić information content (AvgIpc) is 2.02. The summed E-state index contributed by atoms with van der Waals surface area (Å²) in [6.07, 6.45) is 7.73. The lowest BCUT2D eigenvalue weighted by molar-refractivity contribution is -0.403. The summed E-state index contributed by atoms with van der Waals surface area (Å²) < 4.78 is 0. The highest BCUT2D eigenvalue weighted by Gasteiger charge is 2.03. The Morgan fingerprint density at radius 2 is 2.50 bits per heavy atom. The van der Waals surface area contributed by atoms with Gasteiger partial charge in [-0.3, -0.25) is 10.1 Å². The van der Waals surface area contributed by atoms with Crippen LogP contribution in [0.2, 0.25) is 0 Å². The molecule has 0 saturated heterocycles. The molecule has 0 aromatic carbocycles. The number of hydrogen-bond donors (Lipinski definition) is 1. The van der Waals surface area contributed by atoms with E-state index < -0.39 is 4.92 Å². The van der Waals surface area contributed by atoms with Crippen molar-refractivity contribution in [3.8, 4) is 12.3 Å². The van der Waals surface area contributed by atoms with Gasteiger partial charge in [-0.2, -0.15) is 0 Å². The lowest BCUT2D eigenvalue weighted by atomic mass is 10.4. The molecule has 5 heteroatoms. The standard InChI is InChI=1S/C7H10N2O2S/c1-4-6(2)8-7(12-3)5-9(10)11/h1,5-6,8H,2-3H3. The summed E-state index contributed by atoms with van der Waals surface area (Å²) >= 11 is 1.25. The van der Waals surface area contributed by atoms with Gasteiger partial charge in [0.1, 0.15) is 5.03 Å². The van der Waals surface area contributed by atoms with Gasteiger partial charge in [0.05, 0.1) is 11.0 Å². The first-order valence-electron chi connectivity index (χ1n) is 3.22. The Morgan fingerprint density at radius 1 is 1.92 bits per heavy atom. The van der Waals surface area contributed by atoms with Crippen LogP contribution in [0, 0.1) is 22.5 Å². The Morgan fingerprint density at radius 3 is 2.83 bits per heavy atom. The molecular formula is C7H10N2O2S. The van der Waals surface area contributed by atoms with Crippen LogP contribution in [0.25, 0.3) is 0 Å². The van der Waals surface area contributed by atoms with E-state index in [4.69, 9.17) is 6.42 Å². The van der Waals surface area contributed by atoms with E-state index in [1.165, 1.54) is 11.8 Å². The molecule has 0 aromatic heterocycles. The lowest BCUT2D eigenvalue weighted by Crippen LogP contribution is -2.22. The summed E-state index contributed by atoms with van der Waals surface area (Å²) in [5.41, 5.74) is 0. The minimum Gasteiger partial charge on any atom is -0.362 e.